The molecule has 38 heavy (non-hydrogen) atoms. The van der Waals surface area contributed by atoms with Crippen molar-refractivity contribution in [2.24, 2.45) is 0 Å². The second-order valence-corrected chi connectivity index (χ2v) is 10.2. The van der Waals surface area contributed by atoms with Gasteiger partial charge in [0.25, 0.3) is 17.7 Å². The molecule has 0 spiro atoms. The first-order valence-electron chi connectivity index (χ1n) is 11.4. The Morgan fingerprint density at radius 2 is 1.39 bits per heavy atom. The average Bonchev–Trinajstić information content (AvgIpc) is 3.15. The van der Waals surface area contributed by atoms with Crippen molar-refractivity contribution in [1.82, 2.24) is 0 Å². The molecule has 3 amide bonds. The summed E-state index contributed by atoms with van der Waals surface area (Å²) in [6.45, 7) is 0. The summed E-state index contributed by atoms with van der Waals surface area (Å²) in [6, 6.07) is 28.2. The molecule has 9 heteroatoms. The number of benzene rings is 4. The molecule has 0 fully saturated rings. The average molecular weight is 588 g/mol. The fourth-order valence-electron chi connectivity index (χ4n) is 3.73. The van der Waals surface area contributed by atoms with Crippen molar-refractivity contribution >= 4 is 62.5 Å². The minimum Gasteiger partial charge on any atom is -0.350 e. The summed E-state index contributed by atoms with van der Waals surface area (Å²) >= 11 is 4.56. The predicted molar refractivity (Wildman–Crippen MR) is 150 cm³/mol. The van der Waals surface area contributed by atoms with E-state index in [1.54, 1.807) is 60.7 Å². The Labute approximate surface area is 230 Å². The lowest BCUT2D eigenvalue weighted by atomic mass is 10.2. The highest BCUT2D eigenvalue weighted by molar-refractivity contribution is 9.10. The number of rotatable bonds is 7. The molecular weight excluding hydrogens is 569 g/mol. The van der Waals surface area contributed by atoms with Crippen LogP contribution in [0, 0.1) is 5.82 Å². The number of anilines is 3. The number of hydrogen-bond donors (Lipinski definition) is 2. The molecule has 6 nitrogen and oxygen atoms in total. The standard InChI is InChI=1S/C29H19BrFN3O3S/c30-19-8-12-21(13-9-19)32-25-26(29(37)34(28(25)36)23-4-2-1-3-5-23)38-24-16-14-22(15-17-24)33-27(35)18-6-10-20(31)11-7-18/h1-17,32H,(H,33,35). The number of thioether (sulfide) groups is 1. The van der Waals surface area contributed by atoms with Gasteiger partial charge in [-0.05, 0) is 84.9 Å². The maximum Gasteiger partial charge on any atom is 0.283 e. The van der Waals surface area contributed by atoms with E-state index in [9.17, 15) is 18.8 Å². The Hall–Kier alpha value is -4.21. The van der Waals surface area contributed by atoms with E-state index in [0.717, 1.165) is 21.1 Å². The summed E-state index contributed by atoms with van der Waals surface area (Å²) in [5, 5.41) is 5.88. The van der Waals surface area contributed by atoms with Gasteiger partial charge in [-0.2, -0.15) is 0 Å². The largest absolute Gasteiger partial charge is 0.350 e. The van der Waals surface area contributed by atoms with Crippen LogP contribution >= 0.6 is 27.7 Å². The van der Waals surface area contributed by atoms with Crippen LogP contribution in [-0.4, -0.2) is 17.7 Å². The van der Waals surface area contributed by atoms with Crippen LogP contribution in [0.5, 0.6) is 0 Å². The first-order valence-corrected chi connectivity index (χ1v) is 13.1. The lowest BCUT2D eigenvalue weighted by Gasteiger charge is -2.15. The highest BCUT2D eigenvalue weighted by Crippen LogP contribution is 2.38. The van der Waals surface area contributed by atoms with Crippen molar-refractivity contribution in [2.75, 3.05) is 15.5 Å². The molecule has 1 aliphatic heterocycles. The molecule has 0 saturated heterocycles. The summed E-state index contributed by atoms with van der Waals surface area (Å²) in [6.07, 6.45) is 0. The van der Waals surface area contributed by atoms with Gasteiger partial charge >= 0.3 is 0 Å². The Balaban J connectivity index is 1.39. The van der Waals surface area contributed by atoms with Crippen LogP contribution in [0.3, 0.4) is 0 Å². The first-order chi connectivity index (χ1) is 18.4. The number of para-hydroxylation sites is 1. The third-order valence-electron chi connectivity index (χ3n) is 5.61. The summed E-state index contributed by atoms with van der Waals surface area (Å²) in [4.78, 5) is 41.4. The van der Waals surface area contributed by atoms with Crippen LogP contribution in [0.4, 0.5) is 21.5 Å². The quantitative estimate of drug-likeness (QED) is 0.232. The molecule has 2 N–H and O–H groups in total. The minimum atomic E-state index is -0.449. The Morgan fingerprint density at radius 3 is 2.05 bits per heavy atom. The number of imide groups is 1. The van der Waals surface area contributed by atoms with Crippen molar-refractivity contribution in [3.8, 4) is 0 Å². The Morgan fingerprint density at radius 1 is 0.763 bits per heavy atom. The molecule has 0 atom stereocenters. The summed E-state index contributed by atoms with van der Waals surface area (Å²) < 4.78 is 14.0. The van der Waals surface area contributed by atoms with Gasteiger partial charge in [0.15, 0.2) is 0 Å². The summed E-state index contributed by atoms with van der Waals surface area (Å²) in [5.74, 6) is -1.67. The maximum absolute atomic E-state index is 13.5. The van der Waals surface area contributed by atoms with E-state index < -0.39 is 17.6 Å². The lowest BCUT2D eigenvalue weighted by Crippen LogP contribution is -2.32. The van der Waals surface area contributed by atoms with Crippen LogP contribution in [0.1, 0.15) is 10.4 Å². The van der Waals surface area contributed by atoms with Gasteiger partial charge in [-0.25, -0.2) is 9.29 Å². The van der Waals surface area contributed by atoms with Crippen molar-refractivity contribution in [1.29, 1.82) is 0 Å². The van der Waals surface area contributed by atoms with E-state index in [2.05, 4.69) is 26.6 Å². The topological polar surface area (TPSA) is 78.5 Å². The summed E-state index contributed by atoms with van der Waals surface area (Å²) in [7, 11) is 0. The van der Waals surface area contributed by atoms with Gasteiger partial charge in [-0.3, -0.25) is 14.4 Å². The second-order valence-electron chi connectivity index (χ2n) is 8.20. The predicted octanol–water partition coefficient (Wildman–Crippen LogP) is 6.83. The van der Waals surface area contributed by atoms with E-state index >= 15 is 0 Å². The number of carbonyl (C=O) groups excluding carboxylic acids is 3. The van der Waals surface area contributed by atoms with Gasteiger partial charge in [0, 0.05) is 26.3 Å². The van der Waals surface area contributed by atoms with Gasteiger partial charge in [-0.1, -0.05) is 45.9 Å². The van der Waals surface area contributed by atoms with Gasteiger partial charge in [-0.15, -0.1) is 0 Å². The molecule has 0 radical (unpaired) electrons. The van der Waals surface area contributed by atoms with Crippen LogP contribution in [0.15, 0.2) is 123 Å². The minimum absolute atomic E-state index is 0.180. The number of halogens is 2. The molecule has 0 unspecified atom stereocenters. The number of amides is 3. The molecule has 1 aliphatic rings. The monoisotopic (exact) mass is 587 g/mol. The van der Waals surface area contributed by atoms with Crippen molar-refractivity contribution in [2.45, 2.75) is 4.90 Å². The Kier molecular flexibility index (Phi) is 7.39. The van der Waals surface area contributed by atoms with Gasteiger partial charge in [0.2, 0.25) is 0 Å². The van der Waals surface area contributed by atoms with Crippen LogP contribution in [-0.2, 0) is 9.59 Å². The highest BCUT2D eigenvalue weighted by atomic mass is 79.9. The van der Waals surface area contributed by atoms with E-state index in [4.69, 9.17) is 0 Å². The molecule has 188 valence electrons. The van der Waals surface area contributed by atoms with Gasteiger partial charge in [0.05, 0.1) is 5.69 Å². The SMILES string of the molecule is O=C(Nc1ccc(SC2=C(Nc3ccc(Br)cc3)C(=O)N(c3ccccc3)C2=O)cc1)c1ccc(F)cc1. The highest BCUT2D eigenvalue weighted by Gasteiger charge is 2.40. The van der Waals surface area contributed by atoms with Gasteiger partial charge in [0.1, 0.15) is 16.4 Å². The third kappa shape index (κ3) is 5.53. The van der Waals surface area contributed by atoms with Gasteiger partial charge < -0.3 is 10.6 Å². The first kappa shape index (κ1) is 25.4. The molecule has 0 aromatic heterocycles. The van der Waals surface area contributed by atoms with Crippen molar-refractivity contribution in [3.05, 3.63) is 130 Å². The number of hydrogen-bond acceptors (Lipinski definition) is 5. The van der Waals surface area contributed by atoms with E-state index in [-0.39, 0.29) is 16.5 Å². The van der Waals surface area contributed by atoms with E-state index in [0.29, 0.717) is 27.5 Å². The normalized spacial score (nSPS) is 13.2. The smallest absolute Gasteiger partial charge is 0.283 e. The molecule has 0 bridgehead atoms. The second kappa shape index (κ2) is 11.0. The number of nitrogens with one attached hydrogen (secondary N) is 2. The van der Waals surface area contributed by atoms with E-state index in [1.165, 1.54) is 24.3 Å². The molecule has 4 aromatic rings. The van der Waals surface area contributed by atoms with Crippen molar-refractivity contribution in [3.63, 3.8) is 0 Å². The van der Waals surface area contributed by atoms with Crippen LogP contribution in [0.2, 0.25) is 0 Å². The molecule has 1 heterocycles. The van der Waals surface area contributed by atoms with Crippen LogP contribution < -0.4 is 15.5 Å². The van der Waals surface area contributed by atoms with Crippen molar-refractivity contribution < 1.29 is 18.8 Å². The number of carbonyl (C=O) groups is 3. The third-order valence-corrected chi connectivity index (χ3v) is 7.23. The molecule has 5 rings (SSSR count). The summed E-state index contributed by atoms with van der Waals surface area (Å²) in [5.41, 5.74) is 2.18. The zero-order valence-electron chi connectivity index (χ0n) is 19.7. The molecular formula is C29H19BrFN3O3S. The Bertz CT molecular complexity index is 1540. The maximum atomic E-state index is 13.5. The zero-order valence-corrected chi connectivity index (χ0v) is 22.1. The number of nitrogens with zero attached hydrogens (tertiary/aromatic N) is 1. The molecule has 4 aromatic carbocycles. The van der Waals surface area contributed by atoms with E-state index in [1.807, 2.05) is 18.2 Å². The lowest BCUT2D eigenvalue weighted by molar-refractivity contribution is -0.120. The van der Waals surface area contributed by atoms with Crippen LogP contribution in [0.25, 0.3) is 0 Å². The fraction of sp³-hybridized carbons (Fsp3) is 0. The molecule has 0 aliphatic carbocycles. The zero-order chi connectivity index (χ0) is 26.6. The molecule has 0 saturated carbocycles. The fourth-order valence-corrected chi connectivity index (χ4v) is 4.92.